The molecule has 1 aromatic carbocycles. The first kappa shape index (κ1) is 7.16. The van der Waals surface area contributed by atoms with Gasteiger partial charge in [0.2, 0.25) is 0 Å². The minimum Gasteiger partial charge on any atom is -0.290 e. The Kier molecular flexibility index (Phi) is 1.33. The lowest BCUT2D eigenvalue weighted by molar-refractivity contribution is -0.630. The largest absolute Gasteiger partial charge is 0.355 e. The molecule has 2 rings (SSSR count). The first-order valence-corrected chi connectivity index (χ1v) is 3.90. The van der Waals surface area contributed by atoms with Crippen molar-refractivity contribution in [3.8, 4) is 0 Å². The third kappa shape index (κ3) is 0.733. The van der Waals surface area contributed by atoms with Crippen molar-refractivity contribution in [1.82, 2.24) is 4.57 Å². The normalized spacial score (nSPS) is 10.8. The molecule has 0 amide bonds. The maximum atomic E-state index is 5.84. The molecule has 1 heterocycles. The van der Waals surface area contributed by atoms with Crippen LogP contribution in [0.2, 0.25) is 0 Å². The van der Waals surface area contributed by atoms with Gasteiger partial charge in [-0.15, -0.1) is 0 Å². The Labute approximate surface area is 71.0 Å². The number of nitrogens with two attached hydrogens (primary N) is 1. The molecule has 0 radical (unpaired) electrons. The summed E-state index contributed by atoms with van der Waals surface area (Å²) in [6.07, 6.45) is 0. The number of hydrogen-bond acceptors (Lipinski definition) is 1. The van der Waals surface area contributed by atoms with Crippen LogP contribution in [-0.4, -0.2) is 4.57 Å². The van der Waals surface area contributed by atoms with E-state index in [1.807, 2.05) is 35.4 Å². The zero-order valence-electron chi connectivity index (χ0n) is 7.28. The lowest BCUT2D eigenvalue weighted by Gasteiger charge is -1.87. The summed E-state index contributed by atoms with van der Waals surface area (Å²) in [7, 11) is 3.94. The van der Waals surface area contributed by atoms with E-state index >= 15 is 0 Å². The van der Waals surface area contributed by atoms with Crippen molar-refractivity contribution in [3.63, 3.8) is 0 Å². The van der Waals surface area contributed by atoms with Crippen LogP contribution in [0.5, 0.6) is 0 Å². The van der Waals surface area contributed by atoms with Crippen LogP contribution in [0.15, 0.2) is 24.3 Å². The number of rotatable bonds is 0. The summed E-state index contributed by atoms with van der Waals surface area (Å²) in [5.41, 5.74) is 8.17. The highest BCUT2D eigenvalue weighted by Crippen LogP contribution is 2.12. The number of aromatic nitrogens is 2. The monoisotopic (exact) mass is 162 g/mol. The van der Waals surface area contributed by atoms with Gasteiger partial charge in [0.1, 0.15) is 11.0 Å². The van der Waals surface area contributed by atoms with E-state index in [1.54, 1.807) is 0 Å². The number of fused-ring (bicyclic) bond motifs is 1. The smallest absolute Gasteiger partial charge is 0.290 e. The molecule has 0 atom stereocenters. The minimum absolute atomic E-state index is 0.774. The number of para-hydroxylation sites is 2. The summed E-state index contributed by atoms with van der Waals surface area (Å²) in [6, 6.07) is 8.15. The van der Waals surface area contributed by atoms with Gasteiger partial charge in [0.15, 0.2) is 0 Å². The van der Waals surface area contributed by atoms with E-state index in [2.05, 4.69) is 12.1 Å². The highest BCUT2D eigenvalue weighted by atomic mass is 15.2. The van der Waals surface area contributed by atoms with E-state index in [4.69, 9.17) is 5.73 Å². The first-order chi connectivity index (χ1) is 5.72. The average molecular weight is 162 g/mol. The molecule has 12 heavy (non-hydrogen) atoms. The summed E-state index contributed by atoms with van der Waals surface area (Å²) in [5.74, 6) is 0.774. The van der Waals surface area contributed by atoms with E-state index in [0.717, 1.165) is 17.0 Å². The van der Waals surface area contributed by atoms with Gasteiger partial charge in [-0.1, -0.05) is 12.1 Å². The molecule has 0 saturated heterocycles. The van der Waals surface area contributed by atoms with Crippen LogP contribution in [0, 0.1) is 0 Å². The molecule has 0 fully saturated rings. The first-order valence-electron chi connectivity index (χ1n) is 3.90. The second-order valence-corrected chi connectivity index (χ2v) is 2.96. The van der Waals surface area contributed by atoms with Gasteiger partial charge in [-0.25, -0.2) is 9.13 Å². The van der Waals surface area contributed by atoms with Crippen LogP contribution in [0.1, 0.15) is 0 Å². The van der Waals surface area contributed by atoms with Crippen LogP contribution >= 0.6 is 0 Å². The second-order valence-electron chi connectivity index (χ2n) is 2.96. The van der Waals surface area contributed by atoms with Gasteiger partial charge in [0, 0.05) is 0 Å². The molecule has 0 aliphatic carbocycles. The summed E-state index contributed by atoms with van der Waals surface area (Å²) in [5, 5.41) is 0. The van der Waals surface area contributed by atoms with E-state index < -0.39 is 0 Å². The van der Waals surface area contributed by atoms with Crippen LogP contribution in [0.25, 0.3) is 11.0 Å². The van der Waals surface area contributed by atoms with E-state index in [-0.39, 0.29) is 0 Å². The number of nitrogen functional groups attached to an aromatic ring is 1. The molecule has 2 aromatic rings. The molecule has 0 spiro atoms. The second kappa shape index (κ2) is 2.24. The fourth-order valence-electron chi connectivity index (χ4n) is 1.50. The molecular formula is C9H12N3+. The van der Waals surface area contributed by atoms with Crippen LogP contribution < -0.4 is 10.3 Å². The third-order valence-electron chi connectivity index (χ3n) is 2.29. The molecule has 62 valence electrons. The summed E-state index contributed by atoms with van der Waals surface area (Å²) >= 11 is 0. The molecule has 3 nitrogen and oxygen atoms in total. The lowest BCUT2D eigenvalue weighted by atomic mass is 10.3. The molecule has 0 saturated carbocycles. The molecule has 2 N–H and O–H groups in total. The van der Waals surface area contributed by atoms with Gasteiger partial charge in [0.05, 0.1) is 14.1 Å². The Morgan fingerprint density at radius 1 is 1.33 bits per heavy atom. The fraction of sp³-hybridized carbons (Fsp3) is 0.222. The molecule has 0 unspecified atom stereocenters. The van der Waals surface area contributed by atoms with Gasteiger partial charge in [-0.05, 0) is 12.1 Å². The topological polar surface area (TPSA) is 34.8 Å². The number of aryl methyl sites for hydroxylation is 2. The zero-order valence-corrected chi connectivity index (χ0v) is 7.28. The zero-order chi connectivity index (χ0) is 8.72. The van der Waals surface area contributed by atoms with Crippen molar-refractivity contribution in [2.24, 2.45) is 14.1 Å². The minimum atomic E-state index is 0.774. The number of nitrogens with zero attached hydrogens (tertiary/aromatic N) is 2. The van der Waals surface area contributed by atoms with Crippen molar-refractivity contribution in [2.45, 2.75) is 0 Å². The summed E-state index contributed by atoms with van der Waals surface area (Å²) < 4.78 is 3.96. The van der Waals surface area contributed by atoms with Gasteiger partial charge < -0.3 is 0 Å². The Balaban J connectivity index is 2.99. The number of hydrogen-bond donors (Lipinski definition) is 1. The quantitative estimate of drug-likeness (QED) is 0.565. The SMILES string of the molecule is Cn1c(N)[n+](C)c2ccccc21. The molecule has 0 bridgehead atoms. The highest BCUT2D eigenvalue weighted by Gasteiger charge is 2.13. The van der Waals surface area contributed by atoms with Crippen molar-refractivity contribution in [3.05, 3.63) is 24.3 Å². The van der Waals surface area contributed by atoms with Crippen molar-refractivity contribution < 1.29 is 4.57 Å². The van der Waals surface area contributed by atoms with Crippen LogP contribution in [0.4, 0.5) is 5.95 Å². The standard InChI is InChI=1S/C9H11N3/c1-11-7-5-3-4-6-8(7)12(2)9(11)10/h3-6,10H,1-2H3/p+1. The number of anilines is 1. The predicted molar refractivity (Wildman–Crippen MR) is 48.5 cm³/mol. The van der Waals surface area contributed by atoms with Gasteiger partial charge >= 0.3 is 5.95 Å². The summed E-state index contributed by atoms with van der Waals surface area (Å²) in [6.45, 7) is 0. The van der Waals surface area contributed by atoms with Crippen LogP contribution in [0.3, 0.4) is 0 Å². The Bertz CT molecular complexity index is 390. The van der Waals surface area contributed by atoms with E-state index in [1.165, 1.54) is 0 Å². The third-order valence-corrected chi connectivity index (χ3v) is 2.29. The van der Waals surface area contributed by atoms with Gasteiger partial charge in [0.25, 0.3) is 0 Å². The van der Waals surface area contributed by atoms with Crippen molar-refractivity contribution in [1.29, 1.82) is 0 Å². The highest BCUT2D eigenvalue weighted by molar-refractivity contribution is 5.73. The molecule has 3 heteroatoms. The molecular weight excluding hydrogens is 150 g/mol. The lowest BCUT2D eigenvalue weighted by Crippen LogP contribution is -2.31. The molecule has 0 aliphatic heterocycles. The Morgan fingerprint density at radius 2 is 2.00 bits per heavy atom. The Hall–Kier alpha value is -1.51. The molecule has 1 aromatic heterocycles. The van der Waals surface area contributed by atoms with Crippen LogP contribution in [-0.2, 0) is 14.1 Å². The van der Waals surface area contributed by atoms with E-state index in [0.29, 0.717) is 0 Å². The van der Waals surface area contributed by atoms with Gasteiger partial charge in [-0.2, -0.15) is 0 Å². The number of imidazole rings is 1. The maximum Gasteiger partial charge on any atom is 0.355 e. The fourth-order valence-corrected chi connectivity index (χ4v) is 1.50. The number of benzene rings is 1. The summed E-state index contributed by atoms with van der Waals surface area (Å²) in [4.78, 5) is 0. The van der Waals surface area contributed by atoms with Crippen molar-refractivity contribution >= 4 is 17.0 Å². The molecule has 0 aliphatic rings. The van der Waals surface area contributed by atoms with E-state index in [9.17, 15) is 0 Å². The van der Waals surface area contributed by atoms with Crippen molar-refractivity contribution in [2.75, 3.05) is 5.73 Å². The average Bonchev–Trinajstić information content (AvgIpc) is 2.33. The maximum absolute atomic E-state index is 5.84. The Morgan fingerprint density at radius 3 is 2.67 bits per heavy atom. The predicted octanol–water partition coefficient (Wildman–Crippen LogP) is 0.585. The van der Waals surface area contributed by atoms with Gasteiger partial charge in [-0.3, -0.25) is 5.73 Å².